The first kappa shape index (κ1) is 26.6. The molecule has 4 amide bonds. The van der Waals surface area contributed by atoms with Crippen LogP contribution >= 0.6 is 0 Å². The Labute approximate surface area is 237 Å². The summed E-state index contributed by atoms with van der Waals surface area (Å²) in [5, 5.41) is 5.79. The van der Waals surface area contributed by atoms with Crippen LogP contribution in [0.15, 0.2) is 64.2 Å². The quantitative estimate of drug-likeness (QED) is 0.272. The van der Waals surface area contributed by atoms with Crippen LogP contribution in [0.25, 0.3) is 11.0 Å². The second kappa shape index (κ2) is 10.4. The number of fused-ring (bicyclic) bond motifs is 2. The number of piperazine rings is 1. The third-order valence-electron chi connectivity index (χ3n) is 8.04. The number of hydrogen-bond donors (Lipinski definition) is 2. The van der Waals surface area contributed by atoms with Gasteiger partial charge >= 0.3 is 6.03 Å². The molecular weight excluding hydrogens is 524 g/mol. The Bertz CT molecular complexity index is 1600. The minimum Gasteiger partial charge on any atom is -0.497 e. The number of urea groups is 1. The molecule has 0 spiro atoms. The van der Waals surface area contributed by atoms with E-state index in [0.29, 0.717) is 23.4 Å². The van der Waals surface area contributed by atoms with E-state index in [4.69, 9.17) is 9.15 Å². The van der Waals surface area contributed by atoms with E-state index in [1.54, 1.807) is 32.4 Å². The first-order chi connectivity index (χ1) is 19.8. The molecule has 2 saturated heterocycles. The van der Waals surface area contributed by atoms with Crippen molar-refractivity contribution in [2.24, 2.45) is 4.99 Å². The number of nitrogens with one attached hydrogen (secondary N) is 2. The van der Waals surface area contributed by atoms with Crippen LogP contribution in [-0.4, -0.2) is 85.3 Å². The van der Waals surface area contributed by atoms with Gasteiger partial charge in [-0.1, -0.05) is 13.0 Å². The lowest BCUT2D eigenvalue weighted by Crippen LogP contribution is -2.48. The van der Waals surface area contributed by atoms with Crippen LogP contribution in [0, 0.1) is 0 Å². The van der Waals surface area contributed by atoms with Gasteiger partial charge in [0.15, 0.2) is 5.54 Å². The Kier molecular flexibility index (Phi) is 6.74. The smallest absolute Gasteiger partial charge is 0.322 e. The predicted molar refractivity (Wildman–Crippen MR) is 153 cm³/mol. The number of imide groups is 1. The summed E-state index contributed by atoms with van der Waals surface area (Å²) >= 11 is 0. The zero-order valence-corrected chi connectivity index (χ0v) is 23.3. The first-order valence-electron chi connectivity index (χ1n) is 13.6. The predicted octanol–water partition coefficient (Wildman–Crippen LogP) is 2.66. The first-order valence-corrected chi connectivity index (χ1v) is 13.6. The van der Waals surface area contributed by atoms with Crippen molar-refractivity contribution in [2.45, 2.75) is 19.0 Å². The molecule has 2 N–H and O–H groups in total. The molecule has 41 heavy (non-hydrogen) atoms. The van der Waals surface area contributed by atoms with Crippen LogP contribution in [0.3, 0.4) is 0 Å². The number of carbonyl (C=O) groups is 3. The number of rotatable bonds is 6. The van der Waals surface area contributed by atoms with Gasteiger partial charge in [0.1, 0.15) is 22.9 Å². The van der Waals surface area contributed by atoms with Crippen molar-refractivity contribution in [3.8, 4) is 5.75 Å². The number of likely N-dealkylation sites (N-methyl/N-ethyl adjacent to an activating group) is 1. The number of methoxy groups -OCH3 is 1. The summed E-state index contributed by atoms with van der Waals surface area (Å²) in [5.41, 5.74) is 1.26. The molecule has 1 unspecified atom stereocenters. The zero-order valence-electron chi connectivity index (χ0n) is 23.3. The van der Waals surface area contributed by atoms with Crippen molar-refractivity contribution in [2.75, 3.05) is 46.9 Å². The number of nitrogens with zero attached hydrogens (tertiary/aromatic N) is 4. The fraction of sp³-hybridized carbons (Fsp3) is 0.333. The van der Waals surface area contributed by atoms with Gasteiger partial charge in [0.25, 0.3) is 11.8 Å². The van der Waals surface area contributed by atoms with E-state index in [-0.39, 0.29) is 11.7 Å². The van der Waals surface area contributed by atoms with Crippen LogP contribution in [0.2, 0.25) is 0 Å². The van der Waals surface area contributed by atoms with Gasteiger partial charge in [0.05, 0.1) is 13.7 Å². The maximum Gasteiger partial charge on any atom is 0.322 e. The maximum atomic E-state index is 13.2. The third-order valence-corrected chi connectivity index (χ3v) is 8.04. The standard InChI is InChI=1S/C30H32N6O5/c1-4-34-11-13-35(14-12-34)26(31-2)19-6-8-24-21(15-19)16-25(41-24)30(28(38)32-29(39)33-30)9-10-36-18-20-5-7-22(40-3)17-23(20)27(36)37/h5-10,15-17H,4,11-14,18H2,1-3H3,(H2,32,33,38,39). The average Bonchev–Trinajstić information content (AvgIpc) is 3.65. The Balaban J connectivity index is 1.31. The van der Waals surface area contributed by atoms with Crippen molar-refractivity contribution in [1.82, 2.24) is 25.3 Å². The summed E-state index contributed by atoms with van der Waals surface area (Å²) in [6, 6.07) is 12.2. The van der Waals surface area contributed by atoms with Crippen molar-refractivity contribution >= 4 is 34.7 Å². The molecule has 11 nitrogen and oxygen atoms in total. The molecule has 11 heteroatoms. The van der Waals surface area contributed by atoms with E-state index in [1.807, 2.05) is 24.3 Å². The fourth-order valence-electron chi connectivity index (χ4n) is 5.70. The van der Waals surface area contributed by atoms with Gasteiger partial charge in [-0.2, -0.15) is 0 Å². The number of furan rings is 1. The lowest BCUT2D eigenvalue weighted by Gasteiger charge is -2.36. The summed E-state index contributed by atoms with van der Waals surface area (Å²) in [4.78, 5) is 49.4. The lowest BCUT2D eigenvalue weighted by molar-refractivity contribution is -0.123. The highest BCUT2D eigenvalue weighted by molar-refractivity contribution is 6.09. The highest BCUT2D eigenvalue weighted by atomic mass is 16.5. The summed E-state index contributed by atoms with van der Waals surface area (Å²) in [6.07, 6.45) is 3.02. The Morgan fingerprint density at radius 1 is 1.10 bits per heavy atom. The van der Waals surface area contributed by atoms with Crippen molar-refractivity contribution in [3.63, 3.8) is 0 Å². The molecule has 0 aliphatic carbocycles. The Morgan fingerprint density at radius 2 is 1.90 bits per heavy atom. The summed E-state index contributed by atoms with van der Waals surface area (Å²) < 4.78 is 11.4. The minimum atomic E-state index is -1.62. The topological polar surface area (TPSA) is 120 Å². The number of aliphatic imine (C=N–C) groups is 1. The second-order valence-corrected chi connectivity index (χ2v) is 10.3. The molecule has 2 aromatic carbocycles. The summed E-state index contributed by atoms with van der Waals surface area (Å²) in [6.45, 7) is 7.27. The van der Waals surface area contributed by atoms with Gasteiger partial charge in [0, 0.05) is 55.9 Å². The molecule has 212 valence electrons. The van der Waals surface area contributed by atoms with Crippen molar-refractivity contribution in [3.05, 3.63) is 77.2 Å². The number of ether oxygens (including phenoxy) is 1. The van der Waals surface area contributed by atoms with Crippen LogP contribution in [0.5, 0.6) is 5.75 Å². The summed E-state index contributed by atoms with van der Waals surface area (Å²) in [5.74, 6) is 0.907. The number of amidine groups is 1. The van der Waals surface area contributed by atoms with Gasteiger partial charge in [-0.05, 0) is 54.6 Å². The Morgan fingerprint density at radius 3 is 2.59 bits per heavy atom. The molecule has 2 fully saturated rings. The normalized spacial score (nSPS) is 21.6. The molecule has 3 aromatic rings. The summed E-state index contributed by atoms with van der Waals surface area (Å²) in [7, 11) is 3.34. The van der Waals surface area contributed by atoms with Crippen LogP contribution in [0.4, 0.5) is 4.79 Å². The largest absolute Gasteiger partial charge is 0.497 e. The SMILES string of the molecule is CCN1CCN(C(=NC)c2ccc3oc(C4(C=CN5Cc6ccc(OC)cc6C5=O)NC(=O)NC4=O)cc3c2)CC1. The highest BCUT2D eigenvalue weighted by Crippen LogP contribution is 2.34. The van der Waals surface area contributed by atoms with Crippen molar-refractivity contribution in [1.29, 1.82) is 0 Å². The molecule has 1 aromatic heterocycles. The van der Waals surface area contributed by atoms with E-state index in [0.717, 1.165) is 55.1 Å². The molecule has 0 bridgehead atoms. The van der Waals surface area contributed by atoms with E-state index in [9.17, 15) is 14.4 Å². The third kappa shape index (κ3) is 4.61. The molecule has 1 atom stereocenters. The van der Waals surface area contributed by atoms with E-state index in [1.165, 1.54) is 17.2 Å². The number of carbonyl (C=O) groups excluding carboxylic acids is 3. The van der Waals surface area contributed by atoms with Crippen LogP contribution < -0.4 is 15.4 Å². The monoisotopic (exact) mass is 556 g/mol. The number of hydrogen-bond acceptors (Lipinski definition) is 7. The molecular formula is C30H32N6O5. The van der Waals surface area contributed by atoms with E-state index >= 15 is 0 Å². The van der Waals surface area contributed by atoms with E-state index < -0.39 is 17.5 Å². The van der Waals surface area contributed by atoms with Crippen molar-refractivity contribution < 1.29 is 23.5 Å². The number of amides is 4. The molecule has 3 aliphatic heterocycles. The lowest BCUT2D eigenvalue weighted by atomic mass is 9.96. The molecule has 3 aliphatic rings. The fourth-order valence-corrected chi connectivity index (χ4v) is 5.70. The Hall–Kier alpha value is -4.64. The van der Waals surface area contributed by atoms with Gasteiger partial charge in [-0.15, -0.1) is 0 Å². The maximum absolute atomic E-state index is 13.2. The van der Waals surface area contributed by atoms with Gasteiger partial charge in [-0.3, -0.25) is 19.9 Å². The second-order valence-electron chi connectivity index (χ2n) is 10.3. The van der Waals surface area contributed by atoms with E-state index in [2.05, 4.69) is 32.3 Å². The number of benzene rings is 2. The van der Waals surface area contributed by atoms with Crippen LogP contribution in [0.1, 0.15) is 34.2 Å². The van der Waals surface area contributed by atoms with Crippen LogP contribution in [-0.2, 0) is 16.9 Å². The molecule has 0 saturated carbocycles. The highest BCUT2D eigenvalue weighted by Gasteiger charge is 2.49. The minimum absolute atomic E-state index is 0.226. The van der Waals surface area contributed by atoms with Gasteiger partial charge in [-0.25, -0.2) is 4.79 Å². The van der Waals surface area contributed by atoms with Gasteiger partial charge in [0.2, 0.25) is 0 Å². The average molecular weight is 557 g/mol. The van der Waals surface area contributed by atoms with Gasteiger partial charge < -0.3 is 29.2 Å². The molecule has 4 heterocycles. The zero-order chi connectivity index (χ0) is 28.7. The molecule has 0 radical (unpaired) electrons. The molecule has 6 rings (SSSR count).